The highest BCUT2D eigenvalue weighted by molar-refractivity contribution is 5.81. The number of ether oxygens (including phenoxy) is 2. The number of hydrogen-bond acceptors (Lipinski definition) is 4. The van der Waals surface area contributed by atoms with Crippen molar-refractivity contribution in [2.24, 2.45) is 0 Å². The molecule has 122 valence electrons. The second-order valence-corrected chi connectivity index (χ2v) is 4.81. The smallest absolute Gasteiger partial charge is 0.239 e. The lowest BCUT2D eigenvalue weighted by molar-refractivity contribution is -0.119. The second-order valence-electron chi connectivity index (χ2n) is 4.81. The average molecular weight is 314 g/mol. The Bertz CT molecular complexity index is 626. The van der Waals surface area contributed by atoms with Crippen molar-refractivity contribution in [1.82, 2.24) is 5.32 Å². The summed E-state index contributed by atoms with van der Waals surface area (Å²) in [5, 5.41) is 5.83. The standard InChI is InChI=1S/C18H22N2O3/c1-3-19-18(21)13-20-16-7-5-6-8-17(16)23-15-11-9-14(10-12-15)22-4-2/h5-12,20H,3-4,13H2,1-2H3,(H,19,21). The Morgan fingerprint density at radius 3 is 2.39 bits per heavy atom. The van der Waals surface area contributed by atoms with Gasteiger partial charge in [0.05, 0.1) is 18.8 Å². The van der Waals surface area contributed by atoms with Gasteiger partial charge < -0.3 is 20.1 Å². The zero-order valence-corrected chi connectivity index (χ0v) is 13.5. The van der Waals surface area contributed by atoms with Gasteiger partial charge in [0.2, 0.25) is 5.91 Å². The van der Waals surface area contributed by atoms with E-state index in [1.807, 2.05) is 62.4 Å². The molecule has 2 aromatic rings. The van der Waals surface area contributed by atoms with E-state index in [2.05, 4.69) is 10.6 Å². The minimum Gasteiger partial charge on any atom is -0.494 e. The molecule has 0 aromatic heterocycles. The number of likely N-dealkylation sites (N-methyl/N-ethyl adjacent to an activating group) is 1. The van der Waals surface area contributed by atoms with Gasteiger partial charge in [0, 0.05) is 6.54 Å². The van der Waals surface area contributed by atoms with Gasteiger partial charge in [-0.1, -0.05) is 12.1 Å². The molecule has 0 saturated heterocycles. The maximum absolute atomic E-state index is 11.6. The van der Waals surface area contributed by atoms with Gasteiger partial charge in [0.1, 0.15) is 11.5 Å². The maximum Gasteiger partial charge on any atom is 0.239 e. The molecule has 0 radical (unpaired) electrons. The van der Waals surface area contributed by atoms with E-state index < -0.39 is 0 Å². The average Bonchev–Trinajstić information content (AvgIpc) is 2.56. The van der Waals surface area contributed by atoms with Gasteiger partial charge in [-0.05, 0) is 50.2 Å². The van der Waals surface area contributed by atoms with Crippen LogP contribution in [-0.2, 0) is 4.79 Å². The van der Waals surface area contributed by atoms with Gasteiger partial charge in [0.15, 0.2) is 5.75 Å². The number of anilines is 1. The number of carbonyl (C=O) groups excluding carboxylic acids is 1. The minimum absolute atomic E-state index is 0.0524. The van der Waals surface area contributed by atoms with Crippen LogP contribution < -0.4 is 20.1 Å². The summed E-state index contributed by atoms with van der Waals surface area (Å²) in [5.41, 5.74) is 0.771. The van der Waals surface area contributed by atoms with E-state index in [-0.39, 0.29) is 12.5 Å². The number of rotatable bonds is 8. The molecule has 0 aliphatic rings. The Morgan fingerprint density at radius 1 is 1.00 bits per heavy atom. The van der Waals surface area contributed by atoms with Crippen LogP contribution in [0.4, 0.5) is 5.69 Å². The Morgan fingerprint density at radius 2 is 1.70 bits per heavy atom. The van der Waals surface area contributed by atoms with Crippen LogP contribution in [0.15, 0.2) is 48.5 Å². The van der Waals surface area contributed by atoms with Gasteiger partial charge in [-0.15, -0.1) is 0 Å². The molecule has 2 aromatic carbocycles. The van der Waals surface area contributed by atoms with E-state index in [1.165, 1.54) is 0 Å². The molecular formula is C18H22N2O3. The normalized spacial score (nSPS) is 10.0. The molecule has 0 aliphatic carbocycles. The summed E-state index contributed by atoms with van der Waals surface area (Å²) in [6.07, 6.45) is 0. The molecule has 0 atom stereocenters. The van der Waals surface area contributed by atoms with Crippen molar-refractivity contribution in [2.45, 2.75) is 13.8 Å². The Balaban J connectivity index is 2.03. The largest absolute Gasteiger partial charge is 0.494 e. The SMILES string of the molecule is CCNC(=O)CNc1ccccc1Oc1ccc(OCC)cc1. The summed E-state index contributed by atoms with van der Waals surface area (Å²) in [6.45, 7) is 5.29. The highest BCUT2D eigenvalue weighted by Gasteiger charge is 2.06. The summed E-state index contributed by atoms with van der Waals surface area (Å²) >= 11 is 0. The number of para-hydroxylation sites is 2. The molecular weight excluding hydrogens is 292 g/mol. The van der Waals surface area contributed by atoms with E-state index in [9.17, 15) is 4.79 Å². The van der Waals surface area contributed by atoms with Crippen molar-refractivity contribution < 1.29 is 14.3 Å². The third-order valence-corrected chi connectivity index (χ3v) is 3.06. The van der Waals surface area contributed by atoms with E-state index >= 15 is 0 Å². The fraction of sp³-hybridized carbons (Fsp3) is 0.278. The first-order valence-corrected chi connectivity index (χ1v) is 7.73. The third kappa shape index (κ3) is 5.21. The first-order valence-electron chi connectivity index (χ1n) is 7.73. The minimum atomic E-state index is -0.0524. The van der Waals surface area contributed by atoms with Crippen molar-refractivity contribution in [2.75, 3.05) is 25.0 Å². The molecule has 5 heteroatoms. The van der Waals surface area contributed by atoms with Crippen molar-refractivity contribution in [3.63, 3.8) is 0 Å². The van der Waals surface area contributed by atoms with E-state index in [4.69, 9.17) is 9.47 Å². The summed E-state index contributed by atoms with van der Waals surface area (Å²) < 4.78 is 11.3. The zero-order chi connectivity index (χ0) is 16.5. The van der Waals surface area contributed by atoms with Crippen LogP contribution in [0.2, 0.25) is 0 Å². The highest BCUT2D eigenvalue weighted by Crippen LogP contribution is 2.30. The van der Waals surface area contributed by atoms with Gasteiger partial charge in [0.25, 0.3) is 0 Å². The molecule has 0 fully saturated rings. The Kier molecular flexibility index (Phi) is 6.29. The van der Waals surface area contributed by atoms with Crippen LogP contribution >= 0.6 is 0 Å². The highest BCUT2D eigenvalue weighted by atomic mass is 16.5. The van der Waals surface area contributed by atoms with Gasteiger partial charge in [-0.3, -0.25) is 4.79 Å². The predicted octanol–water partition coefficient (Wildman–Crippen LogP) is 3.43. The van der Waals surface area contributed by atoms with Crippen LogP contribution in [0, 0.1) is 0 Å². The van der Waals surface area contributed by atoms with Crippen molar-refractivity contribution >= 4 is 11.6 Å². The van der Waals surface area contributed by atoms with Gasteiger partial charge in [-0.25, -0.2) is 0 Å². The summed E-state index contributed by atoms with van der Waals surface area (Å²) in [7, 11) is 0. The first kappa shape index (κ1) is 16.7. The fourth-order valence-electron chi connectivity index (χ4n) is 2.03. The summed E-state index contributed by atoms with van der Waals surface area (Å²) in [6, 6.07) is 15.0. The monoisotopic (exact) mass is 314 g/mol. The molecule has 2 N–H and O–H groups in total. The molecule has 0 saturated carbocycles. The molecule has 5 nitrogen and oxygen atoms in total. The predicted molar refractivity (Wildman–Crippen MR) is 91.3 cm³/mol. The van der Waals surface area contributed by atoms with Crippen LogP contribution in [0.25, 0.3) is 0 Å². The lowest BCUT2D eigenvalue weighted by Gasteiger charge is -2.13. The molecule has 23 heavy (non-hydrogen) atoms. The first-order chi connectivity index (χ1) is 11.2. The van der Waals surface area contributed by atoms with Crippen molar-refractivity contribution in [1.29, 1.82) is 0 Å². The third-order valence-electron chi connectivity index (χ3n) is 3.06. The van der Waals surface area contributed by atoms with Gasteiger partial charge in [-0.2, -0.15) is 0 Å². The lowest BCUT2D eigenvalue weighted by atomic mass is 10.2. The molecule has 2 rings (SSSR count). The topological polar surface area (TPSA) is 59.6 Å². The van der Waals surface area contributed by atoms with Crippen LogP contribution in [-0.4, -0.2) is 25.6 Å². The van der Waals surface area contributed by atoms with Crippen LogP contribution in [0.5, 0.6) is 17.2 Å². The molecule has 0 bridgehead atoms. The quantitative estimate of drug-likeness (QED) is 0.784. The van der Waals surface area contributed by atoms with E-state index in [0.29, 0.717) is 24.7 Å². The molecule has 0 spiro atoms. The molecule has 1 amide bonds. The lowest BCUT2D eigenvalue weighted by Crippen LogP contribution is -2.29. The number of hydrogen-bond donors (Lipinski definition) is 2. The number of benzene rings is 2. The van der Waals surface area contributed by atoms with Crippen LogP contribution in [0.3, 0.4) is 0 Å². The van der Waals surface area contributed by atoms with Crippen LogP contribution in [0.1, 0.15) is 13.8 Å². The number of nitrogens with one attached hydrogen (secondary N) is 2. The van der Waals surface area contributed by atoms with Crippen molar-refractivity contribution in [3.8, 4) is 17.2 Å². The van der Waals surface area contributed by atoms with Crippen molar-refractivity contribution in [3.05, 3.63) is 48.5 Å². The molecule has 0 unspecified atom stereocenters. The van der Waals surface area contributed by atoms with E-state index in [1.54, 1.807) is 0 Å². The summed E-state index contributed by atoms with van der Waals surface area (Å²) in [4.78, 5) is 11.6. The number of amides is 1. The Labute approximate surface area is 136 Å². The number of carbonyl (C=O) groups is 1. The Hall–Kier alpha value is -2.69. The zero-order valence-electron chi connectivity index (χ0n) is 13.5. The second kappa shape index (κ2) is 8.68. The fourth-order valence-corrected chi connectivity index (χ4v) is 2.03. The summed E-state index contributed by atoms with van der Waals surface area (Å²) in [5.74, 6) is 2.13. The molecule has 0 aliphatic heterocycles. The molecule has 0 heterocycles. The van der Waals surface area contributed by atoms with Gasteiger partial charge >= 0.3 is 0 Å². The maximum atomic E-state index is 11.6. The van der Waals surface area contributed by atoms with E-state index in [0.717, 1.165) is 11.4 Å².